The molecule has 1 aromatic rings. The first-order valence-electron chi connectivity index (χ1n) is 10.4. The average Bonchev–Trinajstić information content (AvgIpc) is 2.70. The molecule has 0 radical (unpaired) electrons. The molecule has 0 amide bonds. The van der Waals surface area contributed by atoms with Crippen LogP contribution >= 0.6 is 0 Å². The van der Waals surface area contributed by atoms with Gasteiger partial charge in [-0.05, 0) is 62.5 Å². The third-order valence-electron chi connectivity index (χ3n) is 6.09. The van der Waals surface area contributed by atoms with Crippen molar-refractivity contribution in [1.82, 2.24) is 0 Å². The van der Waals surface area contributed by atoms with Crippen LogP contribution in [0.15, 0.2) is 12.1 Å². The fourth-order valence-electron chi connectivity index (χ4n) is 4.32. The first kappa shape index (κ1) is 24.1. The van der Waals surface area contributed by atoms with Gasteiger partial charge in [0, 0.05) is 6.61 Å². The number of benzene rings is 1. The third-order valence-corrected chi connectivity index (χ3v) is 6.09. The number of rotatable bonds is 6. The average molecular weight is 458 g/mol. The summed E-state index contributed by atoms with van der Waals surface area (Å²) in [4.78, 5) is 0. The molecule has 1 aliphatic carbocycles. The van der Waals surface area contributed by atoms with Gasteiger partial charge in [-0.15, -0.1) is 13.2 Å². The van der Waals surface area contributed by atoms with Crippen LogP contribution in [0.5, 0.6) is 5.75 Å². The van der Waals surface area contributed by atoms with E-state index in [2.05, 4.69) is 11.7 Å². The van der Waals surface area contributed by atoms with E-state index < -0.39 is 41.5 Å². The molecule has 2 aliphatic rings. The third kappa shape index (κ3) is 6.25. The van der Waals surface area contributed by atoms with E-state index in [4.69, 9.17) is 9.47 Å². The summed E-state index contributed by atoms with van der Waals surface area (Å²) in [5, 5.41) is 0. The van der Waals surface area contributed by atoms with E-state index in [1.54, 1.807) is 0 Å². The Balaban J connectivity index is 1.58. The lowest BCUT2D eigenvalue weighted by molar-refractivity contribution is -0.279. The second-order valence-corrected chi connectivity index (χ2v) is 8.21. The van der Waals surface area contributed by atoms with Crippen LogP contribution in [0.1, 0.15) is 57.4 Å². The molecule has 1 aliphatic heterocycles. The molecule has 0 spiro atoms. The zero-order chi connectivity index (χ0) is 22.8. The van der Waals surface area contributed by atoms with E-state index in [0.29, 0.717) is 38.2 Å². The number of hydrogen-bond acceptors (Lipinski definition) is 3. The topological polar surface area (TPSA) is 27.7 Å². The van der Waals surface area contributed by atoms with Gasteiger partial charge in [0.15, 0.2) is 11.6 Å². The highest BCUT2D eigenvalue weighted by Crippen LogP contribution is 2.40. The van der Waals surface area contributed by atoms with E-state index in [-0.39, 0.29) is 24.2 Å². The molecule has 176 valence electrons. The maximum atomic E-state index is 14.5. The molecule has 2 atom stereocenters. The summed E-state index contributed by atoms with van der Waals surface area (Å²) in [5.74, 6) is -4.76. The van der Waals surface area contributed by atoms with Crippen LogP contribution in [0, 0.1) is 23.5 Å². The second-order valence-electron chi connectivity index (χ2n) is 8.21. The van der Waals surface area contributed by atoms with Crippen LogP contribution in [-0.2, 0) is 15.6 Å². The second kappa shape index (κ2) is 9.52. The predicted octanol–water partition coefficient (Wildman–Crippen LogP) is 6.69. The summed E-state index contributed by atoms with van der Waals surface area (Å²) in [5.41, 5.74) is -1.21. The van der Waals surface area contributed by atoms with Crippen molar-refractivity contribution in [1.29, 1.82) is 0 Å². The van der Waals surface area contributed by atoms with Gasteiger partial charge in [0.1, 0.15) is 0 Å². The fourth-order valence-corrected chi connectivity index (χ4v) is 4.32. The van der Waals surface area contributed by atoms with Crippen LogP contribution < -0.4 is 4.74 Å². The summed E-state index contributed by atoms with van der Waals surface area (Å²) in [7, 11) is 0. The zero-order valence-corrected chi connectivity index (χ0v) is 17.0. The van der Waals surface area contributed by atoms with Gasteiger partial charge in [0.05, 0.1) is 17.8 Å². The molecule has 31 heavy (non-hydrogen) atoms. The molecule has 0 bridgehead atoms. The molecule has 2 unspecified atom stereocenters. The number of halogens is 7. The highest BCUT2D eigenvalue weighted by molar-refractivity contribution is 5.33. The normalized spacial score (nSPS) is 27.9. The Labute approximate surface area is 175 Å². The van der Waals surface area contributed by atoms with Crippen molar-refractivity contribution in [3.8, 4) is 5.75 Å². The standard InChI is InChI=1S/C21H25F7O3/c1-2-12-3-8-18(29-11-12)13-4-6-15(7-5-13)30-20(24,25)14-9-16(22)19(17(23)10-14)31-21(26,27)28/h9-10,12-13,15,18H,2-8,11H2,1H3. The molecule has 1 heterocycles. The number of ether oxygens (including phenoxy) is 3. The van der Waals surface area contributed by atoms with Gasteiger partial charge in [0.25, 0.3) is 0 Å². The van der Waals surface area contributed by atoms with E-state index in [1.807, 2.05) is 0 Å². The van der Waals surface area contributed by atoms with Crippen molar-refractivity contribution in [2.45, 2.75) is 76.5 Å². The van der Waals surface area contributed by atoms with E-state index >= 15 is 0 Å². The molecular weight excluding hydrogens is 433 g/mol. The van der Waals surface area contributed by atoms with Crippen LogP contribution in [0.3, 0.4) is 0 Å². The molecule has 3 nitrogen and oxygen atoms in total. The SMILES string of the molecule is CCC1CCC(C2CCC(OC(F)(F)c3cc(F)c(OC(F)(F)F)c(F)c3)CC2)OC1. The summed E-state index contributed by atoms with van der Waals surface area (Å²) in [6.07, 6.45) is -5.15. The molecule has 1 aromatic carbocycles. The number of hydrogen-bond donors (Lipinski definition) is 0. The van der Waals surface area contributed by atoms with Crippen molar-refractivity contribution in [3.05, 3.63) is 29.3 Å². The van der Waals surface area contributed by atoms with E-state index in [1.165, 1.54) is 0 Å². The molecule has 3 rings (SSSR count). The molecule has 0 aromatic heterocycles. The highest BCUT2D eigenvalue weighted by atomic mass is 19.4. The minimum Gasteiger partial charge on any atom is -0.399 e. The zero-order valence-electron chi connectivity index (χ0n) is 17.0. The Bertz CT molecular complexity index is 714. The van der Waals surface area contributed by atoms with Gasteiger partial charge in [-0.3, -0.25) is 0 Å². The van der Waals surface area contributed by atoms with Crippen LogP contribution in [-0.4, -0.2) is 25.2 Å². The van der Waals surface area contributed by atoms with Gasteiger partial charge >= 0.3 is 12.5 Å². The van der Waals surface area contributed by atoms with Crippen LogP contribution in [0.2, 0.25) is 0 Å². The Morgan fingerprint density at radius 1 is 0.935 bits per heavy atom. The maximum Gasteiger partial charge on any atom is 0.573 e. The fraction of sp³-hybridized carbons (Fsp3) is 0.714. The van der Waals surface area contributed by atoms with Crippen molar-refractivity contribution < 1.29 is 44.9 Å². The molecular formula is C21H25F7O3. The summed E-state index contributed by atoms with van der Waals surface area (Å²) in [6.45, 7) is 2.83. The van der Waals surface area contributed by atoms with Crippen LogP contribution in [0.25, 0.3) is 0 Å². The molecule has 1 saturated carbocycles. The summed E-state index contributed by atoms with van der Waals surface area (Å²) < 4.78 is 107. The molecule has 2 fully saturated rings. The Morgan fingerprint density at radius 2 is 1.55 bits per heavy atom. The quantitative estimate of drug-likeness (QED) is 0.445. The Morgan fingerprint density at radius 3 is 2.03 bits per heavy atom. The minimum absolute atomic E-state index is 0.0931. The van der Waals surface area contributed by atoms with Gasteiger partial charge < -0.3 is 14.2 Å². The Hall–Kier alpha value is -1.55. The van der Waals surface area contributed by atoms with Crippen LogP contribution in [0.4, 0.5) is 30.7 Å². The van der Waals surface area contributed by atoms with Gasteiger partial charge in [-0.25, -0.2) is 8.78 Å². The molecule has 1 saturated heterocycles. The highest BCUT2D eigenvalue weighted by Gasteiger charge is 2.41. The lowest BCUT2D eigenvalue weighted by atomic mass is 9.80. The van der Waals surface area contributed by atoms with Crippen molar-refractivity contribution in [3.63, 3.8) is 0 Å². The predicted molar refractivity (Wildman–Crippen MR) is 96.5 cm³/mol. The molecule has 0 N–H and O–H groups in total. The van der Waals surface area contributed by atoms with E-state index in [9.17, 15) is 30.7 Å². The maximum absolute atomic E-state index is 14.5. The van der Waals surface area contributed by atoms with E-state index in [0.717, 1.165) is 19.3 Å². The Kier molecular flexibility index (Phi) is 7.40. The lowest BCUT2D eigenvalue weighted by Crippen LogP contribution is -2.36. The monoisotopic (exact) mass is 458 g/mol. The smallest absolute Gasteiger partial charge is 0.399 e. The largest absolute Gasteiger partial charge is 0.573 e. The molecule has 10 heteroatoms. The minimum atomic E-state index is -5.36. The van der Waals surface area contributed by atoms with Gasteiger partial charge in [-0.1, -0.05) is 13.3 Å². The van der Waals surface area contributed by atoms with Crippen molar-refractivity contribution in [2.24, 2.45) is 11.8 Å². The number of alkyl halides is 5. The first-order chi connectivity index (χ1) is 14.5. The van der Waals surface area contributed by atoms with Crippen molar-refractivity contribution in [2.75, 3.05) is 6.61 Å². The first-order valence-corrected chi connectivity index (χ1v) is 10.4. The van der Waals surface area contributed by atoms with Gasteiger partial charge in [0.2, 0.25) is 5.75 Å². The summed E-state index contributed by atoms with van der Waals surface area (Å²) >= 11 is 0. The van der Waals surface area contributed by atoms with Crippen molar-refractivity contribution >= 4 is 0 Å². The van der Waals surface area contributed by atoms with Gasteiger partial charge in [-0.2, -0.15) is 8.78 Å². The summed E-state index contributed by atoms with van der Waals surface area (Å²) in [6, 6.07) is 0.186. The lowest BCUT2D eigenvalue weighted by Gasteiger charge is -2.38.